The maximum absolute atomic E-state index is 12.9. The lowest BCUT2D eigenvalue weighted by molar-refractivity contribution is -0.149. The number of aryl methyl sites for hydroxylation is 2. The first-order valence-corrected chi connectivity index (χ1v) is 5.14. The highest BCUT2D eigenvalue weighted by molar-refractivity contribution is 5.34. The molecule has 0 aliphatic carbocycles. The first-order valence-electron chi connectivity index (χ1n) is 5.14. The number of hydrogen-bond donors (Lipinski definition) is 1. The van der Waals surface area contributed by atoms with Gasteiger partial charge in [0, 0.05) is 6.54 Å². The van der Waals surface area contributed by atoms with E-state index in [0.29, 0.717) is 11.1 Å². The minimum atomic E-state index is -4.21. The molecule has 0 aliphatic heterocycles. The van der Waals surface area contributed by atoms with Crippen molar-refractivity contribution in [1.29, 1.82) is 0 Å². The topological polar surface area (TPSA) is 12.0 Å². The molecule has 0 radical (unpaired) electrons. The van der Waals surface area contributed by atoms with Gasteiger partial charge in [0.05, 0.1) is 5.92 Å². The van der Waals surface area contributed by atoms with Crippen LogP contribution in [0.1, 0.15) is 22.6 Å². The molecule has 16 heavy (non-hydrogen) atoms. The highest BCUT2D eigenvalue weighted by Crippen LogP contribution is 2.36. The number of hydrogen-bond acceptors (Lipinski definition) is 1. The zero-order chi connectivity index (χ0) is 12.3. The summed E-state index contributed by atoms with van der Waals surface area (Å²) >= 11 is 0. The Hall–Kier alpha value is -1.03. The van der Waals surface area contributed by atoms with E-state index in [-0.39, 0.29) is 6.54 Å². The molecule has 1 nitrogen and oxygen atoms in total. The molecule has 0 aromatic heterocycles. The molecule has 1 aromatic carbocycles. The maximum Gasteiger partial charge on any atom is 0.396 e. The van der Waals surface area contributed by atoms with Gasteiger partial charge in [0.2, 0.25) is 0 Å². The van der Waals surface area contributed by atoms with Crippen LogP contribution in [0.15, 0.2) is 18.2 Å². The van der Waals surface area contributed by atoms with Crippen molar-refractivity contribution < 1.29 is 13.2 Å². The van der Waals surface area contributed by atoms with Crippen molar-refractivity contribution in [1.82, 2.24) is 5.32 Å². The zero-order valence-electron chi connectivity index (χ0n) is 9.65. The molecule has 4 heteroatoms. The Labute approximate surface area is 93.7 Å². The van der Waals surface area contributed by atoms with Gasteiger partial charge in [0.1, 0.15) is 0 Å². The smallest absolute Gasteiger partial charge is 0.319 e. The van der Waals surface area contributed by atoms with E-state index in [4.69, 9.17) is 0 Å². The zero-order valence-corrected chi connectivity index (χ0v) is 9.65. The first-order chi connectivity index (χ1) is 7.36. The lowest BCUT2D eigenvalue weighted by Crippen LogP contribution is -2.30. The summed E-state index contributed by atoms with van der Waals surface area (Å²) in [4.78, 5) is 0. The van der Waals surface area contributed by atoms with Crippen molar-refractivity contribution in [3.8, 4) is 0 Å². The van der Waals surface area contributed by atoms with E-state index < -0.39 is 12.1 Å². The highest BCUT2D eigenvalue weighted by atomic mass is 19.4. The minimum Gasteiger partial charge on any atom is -0.319 e. The van der Waals surface area contributed by atoms with Crippen LogP contribution in [-0.4, -0.2) is 19.8 Å². The fourth-order valence-corrected chi connectivity index (χ4v) is 1.74. The Morgan fingerprint density at radius 1 is 1.25 bits per heavy atom. The summed E-state index contributed by atoms with van der Waals surface area (Å²) < 4.78 is 38.6. The van der Waals surface area contributed by atoms with Gasteiger partial charge in [-0.15, -0.1) is 0 Å². The van der Waals surface area contributed by atoms with Gasteiger partial charge in [-0.3, -0.25) is 0 Å². The quantitative estimate of drug-likeness (QED) is 0.842. The lowest BCUT2D eigenvalue weighted by atomic mass is 9.92. The van der Waals surface area contributed by atoms with E-state index in [1.54, 1.807) is 26.0 Å². The molecule has 0 fully saturated rings. The van der Waals surface area contributed by atoms with E-state index in [1.165, 1.54) is 7.05 Å². The molecule has 0 aliphatic rings. The average Bonchev–Trinajstić information content (AvgIpc) is 2.17. The third-order valence-corrected chi connectivity index (χ3v) is 2.61. The van der Waals surface area contributed by atoms with Crippen LogP contribution in [0.4, 0.5) is 13.2 Å². The molecular formula is C12H16F3N. The Balaban J connectivity index is 3.15. The number of halogens is 3. The fraction of sp³-hybridized carbons (Fsp3) is 0.500. The van der Waals surface area contributed by atoms with Crippen LogP contribution in [0.5, 0.6) is 0 Å². The predicted molar refractivity (Wildman–Crippen MR) is 58.6 cm³/mol. The van der Waals surface area contributed by atoms with Crippen molar-refractivity contribution in [2.24, 2.45) is 0 Å². The van der Waals surface area contributed by atoms with Gasteiger partial charge in [-0.25, -0.2) is 0 Å². The van der Waals surface area contributed by atoms with Crippen LogP contribution in [0.2, 0.25) is 0 Å². The molecule has 0 bridgehead atoms. The largest absolute Gasteiger partial charge is 0.396 e. The maximum atomic E-state index is 12.9. The van der Waals surface area contributed by atoms with Crippen LogP contribution in [0.25, 0.3) is 0 Å². The molecule has 1 unspecified atom stereocenters. The van der Waals surface area contributed by atoms with Crippen molar-refractivity contribution in [3.05, 3.63) is 34.9 Å². The Morgan fingerprint density at radius 2 is 1.88 bits per heavy atom. The summed E-state index contributed by atoms with van der Waals surface area (Å²) in [5, 5.41) is 2.60. The third-order valence-electron chi connectivity index (χ3n) is 2.61. The second-order valence-corrected chi connectivity index (χ2v) is 4.01. The van der Waals surface area contributed by atoms with E-state index in [0.717, 1.165) is 5.56 Å². The van der Waals surface area contributed by atoms with Crippen LogP contribution in [0.3, 0.4) is 0 Å². The Morgan fingerprint density at radius 3 is 2.38 bits per heavy atom. The lowest BCUT2D eigenvalue weighted by Gasteiger charge is -2.22. The van der Waals surface area contributed by atoms with Crippen LogP contribution in [-0.2, 0) is 0 Å². The molecule has 1 aromatic rings. The molecule has 0 saturated carbocycles. The SMILES string of the molecule is CNCC(c1cc(C)ccc1C)C(F)(F)F. The summed E-state index contributed by atoms with van der Waals surface area (Å²) in [7, 11) is 1.53. The number of benzene rings is 1. The van der Waals surface area contributed by atoms with E-state index in [2.05, 4.69) is 5.32 Å². The average molecular weight is 231 g/mol. The van der Waals surface area contributed by atoms with Crippen molar-refractivity contribution in [2.75, 3.05) is 13.6 Å². The molecule has 1 rings (SSSR count). The van der Waals surface area contributed by atoms with Crippen LogP contribution < -0.4 is 5.32 Å². The number of rotatable bonds is 3. The molecule has 0 spiro atoms. The van der Waals surface area contributed by atoms with Crippen molar-refractivity contribution in [2.45, 2.75) is 25.9 Å². The summed E-state index contributed by atoms with van der Waals surface area (Å²) in [6.45, 7) is 3.42. The van der Waals surface area contributed by atoms with Gasteiger partial charge < -0.3 is 5.32 Å². The van der Waals surface area contributed by atoms with Crippen LogP contribution >= 0.6 is 0 Å². The van der Waals surface area contributed by atoms with E-state index >= 15 is 0 Å². The van der Waals surface area contributed by atoms with Gasteiger partial charge in [-0.1, -0.05) is 23.8 Å². The monoisotopic (exact) mass is 231 g/mol. The molecule has 1 atom stereocenters. The fourth-order valence-electron chi connectivity index (χ4n) is 1.74. The van der Waals surface area contributed by atoms with E-state index in [1.807, 2.05) is 6.07 Å². The van der Waals surface area contributed by atoms with Gasteiger partial charge >= 0.3 is 6.18 Å². The number of likely N-dealkylation sites (N-methyl/N-ethyl adjacent to an activating group) is 1. The molecule has 1 N–H and O–H groups in total. The summed E-state index contributed by atoms with van der Waals surface area (Å²) in [5.41, 5.74) is 1.90. The first kappa shape index (κ1) is 13.0. The molecular weight excluding hydrogens is 215 g/mol. The van der Waals surface area contributed by atoms with Gasteiger partial charge in [-0.05, 0) is 32.0 Å². The molecule has 0 saturated heterocycles. The van der Waals surface area contributed by atoms with Crippen molar-refractivity contribution in [3.63, 3.8) is 0 Å². The second kappa shape index (κ2) is 4.87. The normalized spacial score (nSPS) is 13.9. The summed E-state index contributed by atoms with van der Waals surface area (Å²) in [6.07, 6.45) is -4.21. The Bertz CT molecular complexity index is 358. The Kier molecular flexibility index (Phi) is 3.97. The molecule has 90 valence electrons. The molecule has 0 amide bonds. The third kappa shape index (κ3) is 2.98. The van der Waals surface area contributed by atoms with Gasteiger partial charge in [-0.2, -0.15) is 13.2 Å². The second-order valence-electron chi connectivity index (χ2n) is 4.01. The van der Waals surface area contributed by atoms with Crippen LogP contribution in [0, 0.1) is 13.8 Å². The highest BCUT2D eigenvalue weighted by Gasteiger charge is 2.40. The minimum absolute atomic E-state index is 0.0895. The van der Waals surface area contributed by atoms with E-state index in [9.17, 15) is 13.2 Å². The van der Waals surface area contributed by atoms with Crippen molar-refractivity contribution >= 4 is 0 Å². The predicted octanol–water partition coefficient (Wildman–Crippen LogP) is 3.17. The van der Waals surface area contributed by atoms with Gasteiger partial charge in [0.25, 0.3) is 0 Å². The number of alkyl halides is 3. The number of nitrogens with one attached hydrogen (secondary N) is 1. The molecule has 0 heterocycles. The standard InChI is InChI=1S/C12H16F3N/c1-8-4-5-9(2)10(6-8)11(7-16-3)12(13,14)15/h4-6,11,16H,7H2,1-3H3. The summed E-state index contributed by atoms with van der Waals surface area (Å²) in [6, 6.07) is 5.18. The van der Waals surface area contributed by atoms with Gasteiger partial charge in [0.15, 0.2) is 0 Å². The summed E-state index contributed by atoms with van der Waals surface area (Å²) in [5.74, 6) is -1.43.